The Hall–Kier alpha value is -1.79. The van der Waals surface area contributed by atoms with Gasteiger partial charge in [-0.3, -0.25) is 10.5 Å². The van der Waals surface area contributed by atoms with Crippen molar-refractivity contribution >= 4 is 0 Å². The second kappa shape index (κ2) is 5.03. The molecule has 0 aliphatic heterocycles. The van der Waals surface area contributed by atoms with Crippen molar-refractivity contribution in [2.75, 3.05) is 0 Å². The summed E-state index contributed by atoms with van der Waals surface area (Å²) in [6, 6.07) is 1.87. The van der Waals surface area contributed by atoms with Gasteiger partial charge in [-0.05, 0) is 19.9 Å². The Kier molecular flexibility index (Phi) is 3.46. The predicted octanol–water partition coefficient (Wildman–Crippen LogP) is 0.554. The standard InChI is InChI=1S/C11H16N6/c1-3-17-10(4-8(2)16-17)11(15-12)9-5-13-7-14-6-9/h4-7,11,15H,3,12H2,1-2H3. The third kappa shape index (κ3) is 2.32. The summed E-state index contributed by atoms with van der Waals surface area (Å²) in [6.45, 7) is 4.81. The second-order valence-electron chi connectivity index (χ2n) is 3.80. The van der Waals surface area contributed by atoms with E-state index in [1.807, 2.05) is 24.6 Å². The summed E-state index contributed by atoms with van der Waals surface area (Å²) in [4.78, 5) is 8.01. The van der Waals surface area contributed by atoms with E-state index in [2.05, 4.69) is 20.5 Å². The van der Waals surface area contributed by atoms with Crippen LogP contribution in [0.1, 0.15) is 29.9 Å². The Labute approximate surface area is 99.9 Å². The van der Waals surface area contributed by atoms with Gasteiger partial charge >= 0.3 is 0 Å². The number of nitrogens with zero attached hydrogens (tertiary/aromatic N) is 4. The highest BCUT2D eigenvalue weighted by atomic mass is 15.3. The normalized spacial score (nSPS) is 12.6. The maximum Gasteiger partial charge on any atom is 0.115 e. The molecule has 2 aromatic heterocycles. The fourth-order valence-corrected chi connectivity index (χ4v) is 1.86. The molecular formula is C11H16N6. The van der Waals surface area contributed by atoms with Crippen LogP contribution in [0.2, 0.25) is 0 Å². The van der Waals surface area contributed by atoms with Crippen molar-refractivity contribution in [3.05, 3.63) is 41.7 Å². The number of nitrogens with one attached hydrogen (secondary N) is 1. The van der Waals surface area contributed by atoms with Gasteiger partial charge in [-0.1, -0.05) is 0 Å². The van der Waals surface area contributed by atoms with Gasteiger partial charge in [-0.15, -0.1) is 0 Å². The Morgan fingerprint density at radius 1 is 1.41 bits per heavy atom. The highest BCUT2D eigenvalue weighted by Gasteiger charge is 2.18. The van der Waals surface area contributed by atoms with Crippen molar-refractivity contribution < 1.29 is 0 Å². The molecule has 1 unspecified atom stereocenters. The quantitative estimate of drug-likeness (QED) is 0.594. The van der Waals surface area contributed by atoms with Crippen LogP contribution in [0.5, 0.6) is 0 Å². The first kappa shape index (κ1) is 11.7. The minimum atomic E-state index is -0.141. The van der Waals surface area contributed by atoms with Gasteiger partial charge in [0.25, 0.3) is 0 Å². The maximum atomic E-state index is 5.62. The van der Waals surface area contributed by atoms with E-state index < -0.39 is 0 Å². The molecule has 1 atom stereocenters. The van der Waals surface area contributed by atoms with Crippen LogP contribution in [0, 0.1) is 6.92 Å². The van der Waals surface area contributed by atoms with Crippen LogP contribution in [0.3, 0.4) is 0 Å². The lowest BCUT2D eigenvalue weighted by Gasteiger charge is -2.16. The first-order chi connectivity index (χ1) is 8.26. The first-order valence-electron chi connectivity index (χ1n) is 5.51. The Morgan fingerprint density at radius 2 is 2.12 bits per heavy atom. The molecule has 0 amide bonds. The highest BCUT2D eigenvalue weighted by molar-refractivity contribution is 5.24. The molecular weight excluding hydrogens is 216 g/mol. The van der Waals surface area contributed by atoms with E-state index >= 15 is 0 Å². The molecule has 2 rings (SSSR count). The number of nitrogens with two attached hydrogens (primary N) is 1. The van der Waals surface area contributed by atoms with E-state index in [4.69, 9.17) is 5.84 Å². The molecule has 0 saturated carbocycles. The minimum Gasteiger partial charge on any atom is -0.271 e. The SMILES string of the molecule is CCn1nc(C)cc1C(NN)c1cncnc1. The summed E-state index contributed by atoms with van der Waals surface area (Å²) < 4.78 is 1.92. The fourth-order valence-electron chi connectivity index (χ4n) is 1.86. The molecule has 2 heterocycles. The molecule has 3 N–H and O–H groups in total. The van der Waals surface area contributed by atoms with Gasteiger partial charge in [0.1, 0.15) is 6.33 Å². The zero-order valence-corrected chi connectivity index (χ0v) is 9.96. The molecule has 6 heteroatoms. The summed E-state index contributed by atoms with van der Waals surface area (Å²) in [5.41, 5.74) is 5.69. The molecule has 0 radical (unpaired) electrons. The lowest BCUT2D eigenvalue weighted by atomic mass is 10.1. The molecule has 6 nitrogen and oxygen atoms in total. The zero-order valence-electron chi connectivity index (χ0n) is 9.96. The minimum absolute atomic E-state index is 0.141. The van der Waals surface area contributed by atoms with Crippen LogP contribution >= 0.6 is 0 Å². The van der Waals surface area contributed by atoms with E-state index in [-0.39, 0.29) is 6.04 Å². The van der Waals surface area contributed by atoms with Crippen molar-refractivity contribution in [3.8, 4) is 0 Å². The number of hydrogen-bond donors (Lipinski definition) is 2. The maximum absolute atomic E-state index is 5.62. The third-order valence-corrected chi connectivity index (χ3v) is 2.61. The molecule has 0 saturated heterocycles. The van der Waals surface area contributed by atoms with Crippen LogP contribution in [-0.4, -0.2) is 19.7 Å². The van der Waals surface area contributed by atoms with Crippen LogP contribution in [0.4, 0.5) is 0 Å². The summed E-state index contributed by atoms with van der Waals surface area (Å²) in [5.74, 6) is 5.62. The molecule has 0 aliphatic carbocycles. The van der Waals surface area contributed by atoms with E-state index in [0.717, 1.165) is 23.5 Å². The van der Waals surface area contributed by atoms with E-state index in [1.54, 1.807) is 12.4 Å². The molecule has 17 heavy (non-hydrogen) atoms. The largest absolute Gasteiger partial charge is 0.271 e. The molecule has 90 valence electrons. The number of hydrogen-bond acceptors (Lipinski definition) is 5. The third-order valence-electron chi connectivity index (χ3n) is 2.61. The Bertz CT molecular complexity index is 478. The average molecular weight is 232 g/mol. The van der Waals surface area contributed by atoms with Gasteiger partial charge in [0.05, 0.1) is 17.4 Å². The van der Waals surface area contributed by atoms with E-state index in [9.17, 15) is 0 Å². The average Bonchev–Trinajstić information content (AvgIpc) is 2.73. The number of rotatable bonds is 4. The van der Waals surface area contributed by atoms with Crippen molar-refractivity contribution in [2.24, 2.45) is 5.84 Å². The lowest BCUT2D eigenvalue weighted by molar-refractivity contribution is 0.540. The van der Waals surface area contributed by atoms with Crippen molar-refractivity contribution in [2.45, 2.75) is 26.4 Å². The molecule has 0 fully saturated rings. The topological polar surface area (TPSA) is 81.7 Å². The summed E-state index contributed by atoms with van der Waals surface area (Å²) in [5, 5.41) is 4.40. The monoisotopic (exact) mass is 232 g/mol. The summed E-state index contributed by atoms with van der Waals surface area (Å²) in [6.07, 6.45) is 5.00. The number of aryl methyl sites for hydroxylation is 2. The highest BCUT2D eigenvalue weighted by Crippen LogP contribution is 2.20. The van der Waals surface area contributed by atoms with Gasteiger partial charge in [0.2, 0.25) is 0 Å². The Balaban J connectivity index is 2.42. The molecule has 0 spiro atoms. The Morgan fingerprint density at radius 3 is 2.71 bits per heavy atom. The first-order valence-corrected chi connectivity index (χ1v) is 5.51. The van der Waals surface area contributed by atoms with Crippen LogP contribution in [-0.2, 0) is 6.54 Å². The van der Waals surface area contributed by atoms with Crippen LogP contribution in [0.15, 0.2) is 24.8 Å². The fraction of sp³-hybridized carbons (Fsp3) is 0.364. The molecule has 0 aromatic carbocycles. The number of aromatic nitrogens is 4. The van der Waals surface area contributed by atoms with Gasteiger partial charge in [0, 0.05) is 24.5 Å². The zero-order chi connectivity index (χ0) is 12.3. The van der Waals surface area contributed by atoms with Crippen LogP contribution < -0.4 is 11.3 Å². The van der Waals surface area contributed by atoms with Gasteiger partial charge in [-0.2, -0.15) is 5.10 Å². The van der Waals surface area contributed by atoms with Crippen molar-refractivity contribution in [1.29, 1.82) is 0 Å². The summed E-state index contributed by atoms with van der Waals surface area (Å²) in [7, 11) is 0. The second-order valence-corrected chi connectivity index (χ2v) is 3.80. The van der Waals surface area contributed by atoms with Gasteiger partial charge < -0.3 is 0 Å². The van der Waals surface area contributed by atoms with E-state index in [0.29, 0.717) is 0 Å². The van der Waals surface area contributed by atoms with Crippen LogP contribution in [0.25, 0.3) is 0 Å². The van der Waals surface area contributed by atoms with Crippen molar-refractivity contribution in [1.82, 2.24) is 25.2 Å². The van der Waals surface area contributed by atoms with Crippen molar-refractivity contribution in [3.63, 3.8) is 0 Å². The predicted molar refractivity (Wildman–Crippen MR) is 63.8 cm³/mol. The molecule has 0 bridgehead atoms. The van der Waals surface area contributed by atoms with Gasteiger partial charge in [0.15, 0.2) is 0 Å². The smallest absolute Gasteiger partial charge is 0.115 e. The number of hydrazine groups is 1. The molecule has 2 aromatic rings. The van der Waals surface area contributed by atoms with E-state index in [1.165, 1.54) is 6.33 Å². The van der Waals surface area contributed by atoms with Gasteiger partial charge in [-0.25, -0.2) is 15.4 Å². The molecule has 0 aliphatic rings. The summed E-state index contributed by atoms with van der Waals surface area (Å²) >= 11 is 0. The lowest BCUT2D eigenvalue weighted by Crippen LogP contribution is -2.30.